The van der Waals surface area contributed by atoms with Crippen molar-refractivity contribution in [3.05, 3.63) is 65.5 Å². The molecule has 0 saturated carbocycles. The summed E-state index contributed by atoms with van der Waals surface area (Å²) in [4.78, 5) is -0.0727. The second kappa shape index (κ2) is 5.73. The standard InChI is InChI=1S/C15H16FNO2S/c1-11-6-8-13(9-7-11)12(2)17-20(18,19)15-5-3-4-14(16)10-15/h3-10,12,17H,1-2H3/t12-/m0/s1. The molecule has 20 heavy (non-hydrogen) atoms. The maximum absolute atomic E-state index is 13.1. The minimum Gasteiger partial charge on any atom is -0.207 e. The molecule has 0 unspecified atom stereocenters. The average Bonchev–Trinajstić information content (AvgIpc) is 2.39. The Morgan fingerprint density at radius 2 is 1.75 bits per heavy atom. The summed E-state index contributed by atoms with van der Waals surface area (Å²) >= 11 is 0. The zero-order valence-electron chi connectivity index (χ0n) is 11.3. The lowest BCUT2D eigenvalue weighted by atomic mass is 10.1. The van der Waals surface area contributed by atoms with Crippen LogP contribution in [0, 0.1) is 12.7 Å². The second-order valence-corrected chi connectivity index (χ2v) is 6.43. The molecule has 1 N–H and O–H groups in total. The van der Waals surface area contributed by atoms with Crippen LogP contribution in [0.2, 0.25) is 0 Å². The van der Waals surface area contributed by atoms with Gasteiger partial charge in [0.2, 0.25) is 10.0 Å². The van der Waals surface area contributed by atoms with Crippen molar-refractivity contribution in [2.24, 2.45) is 0 Å². The van der Waals surface area contributed by atoms with Gasteiger partial charge in [-0.2, -0.15) is 0 Å². The molecule has 106 valence electrons. The Morgan fingerprint density at radius 3 is 2.35 bits per heavy atom. The summed E-state index contributed by atoms with van der Waals surface area (Å²) in [6.45, 7) is 3.72. The number of sulfonamides is 1. The van der Waals surface area contributed by atoms with Crippen LogP contribution in [-0.2, 0) is 10.0 Å². The van der Waals surface area contributed by atoms with Gasteiger partial charge < -0.3 is 0 Å². The summed E-state index contributed by atoms with van der Waals surface area (Å²) in [5, 5.41) is 0. The van der Waals surface area contributed by atoms with E-state index in [2.05, 4.69) is 4.72 Å². The van der Waals surface area contributed by atoms with Gasteiger partial charge in [-0.1, -0.05) is 35.9 Å². The Kier molecular flexibility index (Phi) is 4.20. The SMILES string of the molecule is Cc1ccc([C@H](C)NS(=O)(=O)c2cccc(F)c2)cc1. The van der Waals surface area contributed by atoms with Crippen molar-refractivity contribution in [1.82, 2.24) is 4.72 Å². The molecule has 3 nitrogen and oxygen atoms in total. The van der Waals surface area contributed by atoms with Gasteiger partial charge in [-0.25, -0.2) is 17.5 Å². The maximum Gasteiger partial charge on any atom is 0.241 e. The van der Waals surface area contributed by atoms with Gasteiger partial charge in [0.25, 0.3) is 0 Å². The topological polar surface area (TPSA) is 46.2 Å². The summed E-state index contributed by atoms with van der Waals surface area (Å²) in [6.07, 6.45) is 0. The third-order valence-electron chi connectivity index (χ3n) is 3.02. The van der Waals surface area contributed by atoms with Crippen LogP contribution in [0.1, 0.15) is 24.1 Å². The molecule has 2 rings (SSSR count). The molecule has 0 amide bonds. The van der Waals surface area contributed by atoms with Gasteiger partial charge in [0, 0.05) is 6.04 Å². The molecule has 2 aromatic rings. The molecule has 0 bridgehead atoms. The predicted octanol–water partition coefficient (Wildman–Crippen LogP) is 3.17. The summed E-state index contributed by atoms with van der Waals surface area (Å²) in [6, 6.07) is 12.1. The lowest BCUT2D eigenvalue weighted by Crippen LogP contribution is -2.26. The van der Waals surface area contributed by atoms with E-state index >= 15 is 0 Å². The molecular formula is C15H16FNO2S. The Bertz CT molecular complexity index is 696. The number of halogens is 1. The van der Waals surface area contributed by atoms with Gasteiger partial charge >= 0.3 is 0 Å². The third-order valence-corrected chi connectivity index (χ3v) is 4.55. The maximum atomic E-state index is 13.1. The lowest BCUT2D eigenvalue weighted by molar-refractivity contribution is 0.564. The van der Waals surface area contributed by atoms with Crippen LogP contribution in [0.15, 0.2) is 53.4 Å². The fourth-order valence-corrected chi connectivity index (χ4v) is 3.12. The van der Waals surface area contributed by atoms with Gasteiger partial charge in [0.1, 0.15) is 5.82 Å². The van der Waals surface area contributed by atoms with E-state index in [4.69, 9.17) is 0 Å². The highest BCUT2D eigenvalue weighted by molar-refractivity contribution is 7.89. The van der Waals surface area contributed by atoms with Crippen molar-refractivity contribution in [3.63, 3.8) is 0 Å². The Hall–Kier alpha value is -1.72. The quantitative estimate of drug-likeness (QED) is 0.941. The van der Waals surface area contributed by atoms with Crippen LogP contribution in [0.4, 0.5) is 4.39 Å². The highest BCUT2D eigenvalue weighted by Gasteiger charge is 2.18. The summed E-state index contributed by atoms with van der Waals surface area (Å²) in [5.74, 6) is -0.573. The van der Waals surface area contributed by atoms with E-state index in [1.807, 2.05) is 31.2 Å². The van der Waals surface area contributed by atoms with Gasteiger partial charge in [0.05, 0.1) is 4.90 Å². The van der Waals surface area contributed by atoms with E-state index < -0.39 is 15.8 Å². The molecule has 0 aliphatic rings. The molecule has 5 heteroatoms. The van der Waals surface area contributed by atoms with Crippen LogP contribution < -0.4 is 4.72 Å². The van der Waals surface area contributed by atoms with Crippen molar-refractivity contribution < 1.29 is 12.8 Å². The smallest absolute Gasteiger partial charge is 0.207 e. The van der Waals surface area contributed by atoms with Crippen LogP contribution in [0.3, 0.4) is 0 Å². The van der Waals surface area contributed by atoms with Gasteiger partial charge in [0.15, 0.2) is 0 Å². The minimum atomic E-state index is -3.73. The normalized spacial score (nSPS) is 13.2. The highest BCUT2D eigenvalue weighted by Crippen LogP contribution is 2.18. The van der Waals surface area contributed by atoms with Crippen LogP contribution in [0.25, 0.3) is 0 Å². The number of nitrogens with one attached hydrogen (secondary N) is 1. The summed E-state index contributed by atoms with van der Waals surface area (Å²) in [5.41, 5.74) is 1.96. The first-order chi connectivity index (χ1) is 9.38. The van der Waals surface area contributed by atoms with E-state index in [1.165, 1.54) is 18.2 Å². The predicted molar refractivity (Wildman–Crippen MR) is 76.3 cm³/mol. The zero-order valence-corrected chi connectivity index (χ0v) is 12.1. The lowest BCUT2D eigenvalue weighted by Gasteiger charge is -2.15. The summed E-state index contributed by atoms with van der Waals surface area (Å²) < 4.78 is 40.0. The molecule has 2 aromatic carbocycles. The van der Waals surface area contributed by atoms with Crippen molar-refractivity contribution in [2.75, 3.05) is 0 Å². The largest absolute Gasteiger partial charge is 0.241 e. The van der Waals surface area contributed by atoms with Crippen molar-refractivity contribution >= 4 is 10.0 Å². The second-order valence-electron chi connectivity index (χ2n) is 4.71. The molecule has 0 aliphatic carbocycles. The van der Waals surface area contributed by atoms with Crippen LogP contribution in [-0.4, -0.2) is 8.42 Å². The molecule has 0 spiro atoms. The summed E-state index contributed by atoms with van der Waals surface area (Å²) in [7, 11) is -3.73. The van der Waals surface area contributed by atoms with Crippen molar-refractivity contribution in [1.29, 1.82) is 0 Å². The number of hydrogen-bond acceptors (Lipinski definition) is 2. The van der Waals surface area contributed by atoms with E-state index in [0.29, 0.717) is 0 Å². The fraction of sp³-hybridized carbons (Fsp3) is 0.200. The monoisotopic (exact) mass is 293 g/mol. The molecule has 0 radical (unpaired) electrons. The van der Waals surface area contributed by atoms with E-state index in [1.54, 1.807) is 6.92 Å². The molecule has 0 fully saturated rings. The van der Waals surface area contributed by atoms with E-state index in [9.17, 15) is 12.8 Å². The van der Waals surface area contributed by atoms with Crippen molar-refractivity contribution in [2.45, 2.75) is 24.8 Å². The van der Waals surface area contributed by atoms with Crippen LogP contribution >= 0.6 is 0 Å². The number of hydrogen-bond donors (Lipinski definition) is 1. The Morgan fingerprint density at radius 1 is 1.10 bits per heavy atom. The molecule has 0 saturated heterocycles. The Balaban J connectivity index is 2.22. The van der Waals surface area contributed by atoms with Crippen molar-refractivity contribution in [3.8, 4) is 0 Å². The molecule has 0 aliphatic heterocycles. The van der Waals surface area contributed by atoms with Crippen LogP contribution in [0.5, 0.6) is 0 Å². The van der Waals surface area contributed by atoms with E-state index in [0.717, 1.165) is 17.2 Å². The molecule has 0 aromatic heterocycles. The zero-order chi connectivity index (χ0) is 14.8. The average molecular weight is 293 g/mol. The molecular weight excluding hydrogens is 277 g/mol. The minimum absolute atomic E-state index is 0.0727. The number of aryl methyl sites for hydroxylation is 1. The highest BCUT2D eigenvalue weighted by atomic mass is 32.2. The van der Waals surface area contributed by atoms with E-state index in [-0.39, 0.29) is 10.9 Å². The fourth-order valence-electron chi connectivity index (χ4n) is 1.86. The molecule has 0 heterocycles. The van der Waals surface area contributed by atoms with Gasteiger partial charge in [-0.15, -0.1) is 0 Å². The number of rotatable bonds is 4. The first kappa shape index (κ1) is 14.7. The number of benzene rings is 2. The van der Waals surface area contributed by atoms with Gasteiger partial charge in [-0.3, -0.25) is 0 Å². The van der Waals surface area contributed by atoms with Gasteiger partial charge in [-0.05, 0) is 37.6 Å². The Labute approximate surface area is 118 Å². The first-order valence-corrected chi connectivity index (χ1v) is 7.71. The molecule has 1 atom stereocenters. The first-order valence-electron chi connectivity index (χ1n) is 6.23. The third kappa shape index (κ3) is 3.43.